The van der Waals surface area contributed by atoms with Crippen molar-refractivity contribution in [3.8, 4) is 0 Å². The summed E-state index contributed by atoms with van der Waals surface area (Å²) >= 11 is 0. The van der Waals surface area contributed by atoms with Gasteiger partial charge in [0.2, 0.25) is 0 Å². The molecule has 2 aromatic carbocycles. The molecule has 0 aromatic heterocycles. The van der Waals surface area contributed by atoms with Crippen LogP contribution in [0.15, 0.2) is 59.6 Å². The zero-order valence-corrected chi connectivity index (χ0v) is 16.9. The molecule has 3 rings (SSSR count). The van der Waals surface area contributed by atoms with Gasteiger partial charge in [-0.15, -0.1) is 0 Å². The van der Waals surface area contributed by atoms with Crippen molar-refractivity contribution in [3.63, 3.8) is 0 Å². The van der Waals surface area contributed by atoms with E-state index in [1.54, 1.807) is 0 Å². The summed E-state index contributed by atoms with van der Waals surface area (Å²) in [6, 6.07) is 18.7. The number of nitrogens with zero attached hydrogens (tertiary/aromatic N) is 1. The van der Waals surface area contributed by atoms with Crippen LogP contribution in [0.3, 0.4) is 0 Å². The summed E-state index contributed by atoms with van der Waals surface area (Å²) in [5.41, 5.74) is 3.01. The van der Waals surface area contributed by atoms with Crippen molar-refractivity contribution in [2.75, 3.05) is 0 Å². The third-order valence-corrected chi connectivity index (χ3v) is 5.56. The third kappa shape index (κ3) is 5.30. The average Bonchev–Trinajstić information content (AvgIpc) is 2.85. The second-order valence-electron chi connectivity index (χ2n) is 8.27. The van der Waals surface area contributed by atoms with Crippen LogP contribution >= 0.6 is 0 Å². The molecule has 142 valence electrons. The molecule has 0 radical (unpaired) electrons. The number of hydrogen-bond acceptors (Lipinski definition) is 3. The summed E-state index contributed by atoms with van der Waals surface area (Å²) in [5.74, 6) is 0. The van der Waals surface area contributed by atoms with Crippen LogP contribution in [0.1, 0.15) is 51.7 Å². The van der Waals surface area contributed by atoms with Crippen molar-refractivity contribution >= 4 is 19.0 Å². The Morgan fingerprint density at radius 3 is 2.11 bits per heavy atom. The Kier molecular flexibility index (Phi) is 6.18. The first-order valence-electron chi connectivity index (χ1n) is 9.89. The number of para-hydroxylation sites is 1. The predicted octanol–water partition coefficient (Wildman–Crippen LogP) is 5.85. The fourth-order valence-corrected chi connectivity index (χ4v) is 3.16. The summed E-state index contributed by atoms with van der Waals surface area (Å²) in [6.07, 6.45) is 6.19. The topological polar surface area (TPSA) is 30.8 Å². The van der Waals surface area contributed by atoms with Gasteiger partial charge in [-0.3, -0.25) is 4.99 Å². The number of rotatable bonds is 7. The van der Waals surface area contributed by atoms with Gasteiger partial charge in [0.15, 0.2) is 0 Å². The minimum absolute atomic E-state index is 0.0772. The Balaban J connectivity index is 1.41. The Morgan fingerprint density at radius 2 is 1.48 bits per heavy atom. The van der Waals surface area contributed by atoms with E-state index in [1.165, 1.54) is 5.56 Å². The van der Waals surface area contributed by atoms with Gasteiger partial charge in [-0.2, -0.15) is 0 Å². The lowest BCUT2D eigenvalue weighted by Gasteiger charge is -2.32. The smallest absolute Gasteiger partial charge is 0.403 e. The van der Waals surface area contributed by atoms with Crippen LogP contribution in [0, 0.1) is 0 Å². The molecular formula is C23H30BNO2. The highest BCUT2D eigenvalue weighted by atomic mass is 16.7. The monoisotopic (exact) mass is 363 g/mol. The second kappa shape index (κ2) is 8.41. The maximum Gasteiger partial charge on any atom is 0.457 e. The first kappa shape index (κ1) is 19.8. The molecule has 1 aliphatic rings. The van der Waals surface area contributed by atoms with Crippen LogP contribution < -0.4 is 0 Å². The van der Waals surface area contributed by atoms with Crippen molar-refractivity contribution in [1.29, 1.82) is 0 Å². The van der Waals surface area contributed by atoms with Gasteiger partial charge in [-0.05, 0) is 70.1 Å². The molecule has 1 saturated heterocycles. The lowest BCUT2D eigenvalue weighted by molar-refractivity contribution is 0.00578. The van der Waals surface area contributed by atoms with E-state index in [2.05, 4.69) is 57.0 Å². The highest BCUT2D eigenvalue weighted by molar-refractivity contribution is 6.45. The zero-order valence-electron chi connectivity index (χ0n) is 16.9. The van der Waals surface area contributed by atoms with E-state index in [0.29, 0.717) is 0 Å². The van der Waals surface area contributed by atoms with Crippen LogP contribution in [-0.4, -0.2) is 24.5 Å². The lowest BCUT2D eigenvalue weighted by atomic mass is 9.82. The molecule has 0 N–H and O–H groups in total. The predicted molar refractivity (Wildman–Crippen MR) is 114 cm³/mol. The molecule has 0 saturated carbocycles. The Morgan fingerprint density at radius 1 is 0.852 bits per heavy atom. The molecular weight excluding hydrogens is 333 g/mol. The third-order valence-electron chi connectivity index (χ3n) is 5.56. The van der Waals surface area contributed by atoms with Crippen molar-refractivity contribution in [2.45, 2.75) is 64.5 Å². The second-order valence-corrected chi connectivity index (χ2v) is 8.27. The Bertz CT molecular complexity index is 738. The Hall–Kier alpha value is -1.91. The van der Waals surface area contributed by atoms with E-state index in [0.717, 1.165) is 36.8 Å². The molecule has 2 aromatic rings. The van der Waals surface area contributed by atoms with E-state index < -0.39 is 0 Å². The number of hydrogen-bond donors (Lipinski definition) is 0. The summed E-state index contributed by atoms with van der Waals surface area (Å²) in [4.78, 5) is 4.50. The van der Waals surface area contributed by atoms with Crippen molar-refractivity contribution < 1.29 is 9.31 Å². The number of aliphatic imine (C=N–C) groups is 1. The number of aryl methyl sites for hydroxylation is 1. The number of benzene rings is 2. The van der Waals surface area contributed by atoms with Crippen molar-refractivity contribution in [1.82, 2.24) is 0 Å². The highest BCUT2D eigenvalue weighted by Crippen LogP contribution is 2.38. The molecule has 1 heterocycles. The Labute approximate surface area is 164 Å². The van der Waals surface area contributed by atoms with E-state index in [-0.39, 0.29) is 18.3 Å². The fraction of sp³-hybridized carbons (Fsp3) is 0.435. The minimum atomic E-state index is -0.227. The fourth-order valence-electron chi connectivity index (χ4n) is 3.16. The highest BCUT2D eigenvalue weighted by Gasteiger charge is 2.50. The molecule has 0 unspecified atom stereocenters. The van der Waals surface area contributed by atoms with Gasteiger partial charge in [0.25, 0.3) is 0 Å². The molecule has 27 heavy (non-hydrogen) atoms. The van der Waals surface area contributed by atoms with E-state index in [9.17, 15) is 0 Å². The van der Waals surface area contributed by atoms with Crippen molar-refractivity contribution in [2.24, 2.45) is 4.99 Å². The quantitative estimate of drug-likeness (QED) is 0.351. The summed E-state index contributed by atoms with van der Waals surface area (Å²) in [7, 11) is -0.0772. The van der Waals surface area contributed by atoms with Crippen molar-refractivity contribution in [3.05, 3.63) is 65.7 Å². The standard InChI is InChI=1S/C23H30BNO2/c1-22(2)23(3,4)27-24(26-22)17-9-8-10-19-13-15-20(16-14-19)18-25-21-11-6-5-7-12-21/h5-7,11-16,18H,8-10,17H2,1-4H3. The maximum atomic E-state index is 6.06. The number of unbranched alkanes of at least 4 members (excludes halogenated alkanes) is 1. The van der Waals surface area contributed by atoms with Gasteiger partial charge < -0.3 is 9.31 Å². The molecule has 1 aliphatic heterocycles. The summed E-state index contributed by atoms with van der Waals surface area (Å²) < 4.78 is 12.1. The SMILES string of the molecule is CC1(C)OB(CCCCc2ccc(C=Nc3ccccc3)cc2)OC1(C)C. The normalized spacial score (nSPS) is 18.3. The van der Waals surface area contributed by atoms with Gasteiger partial charge in [-0.25, -0.2) is 0 Å². The van der Waals surface area contributed by atoms with Crippen LogP contribution in [0.25, 0.3) is 0 Å². The maximum absolute atomic E-state index is 6.06. The van der Waals surface area contributed by atoms with Crippen LogP contribution in [0.2, 0.25) is 6.32 Å². The van der Waals surface area contributed by atoms with Crippen LogP contribution in [-0.2, 0) is 15.7 Å². The molecule has 0 atom stereocenters. The molecule has 0 spiro atoms. The van der Waals surface area contributed by atoms with E-state index in [1.807, 2.05) is 36.5 Å². The summed E-state index contributed by atoms with van der Waals surface area (Å²) in [5, 5.41) is 0. The molecule has 0 amide bonds. The van der Waals surface area contributed by atoms with Gasteiger partial charge >= 0.3 is 7.12 Å². The minimum Gasteiger partial charge on any atom is -0.403 e. The van der Waals surface area contributed by atoms with E-state index >= 15 is 0 Å². The van der Waals surface area contributed by atoms with Crippen LogP contribution in [0.4, 0.5) is 5.69 Å². The zero-order chi connectivity index (χ0) is 19.3. The van der Waals surface area contributed by atoms with E-state index in [4.69, 9.17) is 9.31 Å². The van der Waals surface area contributed by atoms with Gasteiger partial charge in [0.05, 0.1) is 16.9 Å². The molecule has 0 bridgehead atoms. The van der Waals surface area contributed by atoms with Gasteiger partial charge in [0, 0.05) is 6.21 Å². The molecule has 3 nitrogen and oxygen atoms in total. The molecule has 1 fully saturated rings. The molecule has 0 aliphatic carbocycles. The van der Waals surface area contributed by atoms with Gasteiger partial charge in [-0.1, -0.05) is 48.9 Å². The lowest BCUT2D eigenvalue weighted by Crippen LogP contribution is -2.41. The largest absolute Gasteiger partial charge is 0.457 e. The first-order chi connectivity index (χ1) is 12.9. The van der Waals surface area contributed by atoms with Crippen LogP contribution in [0.5, 0.6) is 0 Å². The van der Waals surface area contributed by atoms with Gasteiger partial charge in [0.1, 0.15) is 0 Å². The first-order valence-corrected chi connectivity index (χ1v) is 9.89. The molecule has 4 heteroatoms. The summed E-state index contributed by atoms with van der Waals surface area (Å²) in [6.45, 7) is 8.43. The average molecular weight is 363 g/mol.